The highest BCUT2D eigenvalue weighted by Crippen LogP contribution is 2.39. The molecule has 0 bridgehead atoms. The fourth-order valence-corrected chi connectivity index (χ4v) is 3.20. The zero-order valence-corrected chi connectivity index (χ0v) is 10.8. The van der Waals surface area contributed by atoms with E-state index in [-0.39, 0.29) is 5.54 Å². The van der Waals surface area contributed by atoms with Gasteiger partial charge in [0.25, 0.3) is 0 Å². The van der Waals surface area contributed by atoms with Crippen LogP contribution in [0.5, 0.6) is 0 Å². The topological polar surface area (TPSA) is 43.8 Å². The Bertz CT molecular complexity index is 398. The predicted octanol–water partition coefficient (Wildman–Crippen LogP) is 2.50. The molecule has 1 aromatic heterocycles. The summed E-state index contributed by atoms with van der Waals surface area (Å²) in [4.78, 5) is 0. The molecule has 0 unspecified atom stereocenters. The molecule has 0 radical (unpaired) electrons. The van der Waals surface area contributed by atoms with Gasteiger partial charge in [0.15, 0.2) is 0 Å². The summed E-state index contributed by atoms with van der Waals surface area (Å²) in [5.41, 5.74) is 9.29. The van der Waals surface area contributed by atoms with Crippen molar-refractivity contribution in [3.8, 4) is 0 Å². The van der Waals surface area contributed by atoms with Crippen LogP contribution < -0.4 is 5.73 Å². The Balaban J connectivity index is 1.74. The van der Waals surface area contributed by atoms with E-state index in [9.17, 15) is 0 Å². The van der Waals surface area contributed by atoms with E-state index in [1.807, 2.05) is 0 Å². The van der Waals surface area contributed by atoms with Crippen molar-refractivity contribution >= 4 is 0 Å². The zero-order chi connectivity index (χ0) is 11.9. The fourth-order valence-electron chi connectivity index (χ4n) is 3.20. The van der Waals surface area contributed by atoms with Gasteiger partial charge in [-0.2, -0.15) is 5.10 Å². The molecule has 3 rings (SSSR count). The van der Waals surface area contributed by atoms with Gasteiger partial charge in [0.1, 0.15) is 0 Å². The van der Waals surface area contributed by atoms with Crippen LogP contribution in [0.25, 0.3) is 0 Å². The van der Waals surface area contributed by atoms with E-state index >= 15 is 0 Å². The van der Waals surface area contributed by atoms with Crippen LogP contribution in [-0.2, 0) is 13.5 Å². The number of aromatic nitrogens is 2. The normalized spacial score (nSPS) is 23.2. The summed E-state index contributed by atoms with van der Waals surface area (Å²) in [6.45, 7) is 0. The number of nitrogens with two attached hydrogens (primary N) is 1. The Morgan fingerprint density at radius 2 is 2.12 bits per heavy atom. The summed E-state index contributed by atoms with van der Waals surface area (Å²) in [5.74, 6) is 0.755. The maximum atomic E-state index is 6.18. The molecule has 94 valence electrons. The summed E-state index contributed by atoms with van der Waals surface area (Å²) in [6, 6.07) is 0. The maximum absolute atomic E-state index is 6.18. The van der Waals surface area contributed by atoms with Crippen LogP contribution in [0, 0.1) is 0 Å². The highest BCUT2D eigenvalue weighted by Gasteiger charge is 2.37. The van der Waals surface area contributed by atoms with E-state index in [2.05, 4.69) is 23.0 Å². The molecule has 0 aliphatic heterocycles. The third-order valence-corrected chi connectivity index (χ3v) is 4.59. The molecule has 0 aromatic carbocycles. The number of aryl methyl sites for hydroxylation is 2. The largest absolute Gasteiger partial charge is 0.325 e. The monoisotopic (exact) mass is 233 g/mol. The highest BCUT2D eigenvalue weighted by molar-refractivity contribution is 5.23. The van der Waals surface area contributed by atoms with E-state index in [0.717, 1.165) is 18.8 Å². The van der Waals surface area contributed by atoms with Crippen molar-refractivity contribution in [2.24, 2.45) is 12.8 Å². The minimum atomic E-state index is 0.169. The van der Waals surface area contributed by atoms with Crippen molar-refractivity contribution in [3.63, 3.8) is 0 Å². The van der Waals surface area contributed by atoms with Gasteiger partial charge in [0.2, 0.25) is 0 Å². The number of rotatable bonds is 4. The quantitative estimate of drug-likeness (QED) is 0.868. The van der Waals surface area contributed by atoms with Crippen LogP contribution in [0.2, 0.25) is 0 Å². The minimum Gasteiger partial charge on any atom is -0.325 e. The lowest BCUT2D eigenvalue weighted by atomic mass is 9.96. The van der Waals surface area contributed by atoms with Crippen molar-refractivity contribution in [2.45, 2.75) is 62.8 Å². The number of hydrogen-bond donors (Lipinski definition) is 1. The van der Waals surface area contributed by atoms with Crippen LogP contribution in [0.15, 0.2) is 6.20 Å². The Labute approximate surface area is 103 Å². The molecular formula is C14H23N3. The maximum Gasteiger partial charge on any atom is 0.0524 e. The lowest BCUT2D eigenvalue weighted by Crippen LogP contribution is -2.22. The second-order valence-corrected chi connectivity index (χ2v) is 6.02. The molecule has 3 heteroatoms. The Kier molecular flexibility index (Phi) is 2.74. The second kappa shape index (κ2) is 4.13. The summed E-state index contributed by atoms with van der Waals surface area (Å²) in [6.07, 6.45) is 12.2. The smallest absolute Gasteiger partial charge is 0.0524 e. The lowest BCUT2D eigenvalue weighted by molar-refractivity contribution is 0.586. The molecule has 0 atom stereocenters. The number of hydrogen-bond acceptors (Lipinski definition) is 2. The molecule has 1 aromatic rings. The van der Waals surface area contributed by atoms with E-state index < -0.39 is 0 Å². The third-order valence-electron chi connectivity index (χ3n) is 4.59. The summed E-state index contributed by atoms with van der Waals surface area (Å²) in [5, 5.41) is 4.46. The van der Waals surface area contributed by atoms with Crippen LogP contribution in [-0.4, -0.2) is 15.3 Å². The second-order valence-electron chi connectivity index (χ2n) is 6.02. The molecule has 0 spiro atoms. The van der Waals surface area contributed by atoms with E-state index in [0.29, 0.717) is 0 Å². The van der Waals surface area contributed by atoms with Crippen LogP contribution >= 0.6 is 0 Å². The SMILES string of the molecule is Cn1ncc(CCC2(N)CC2)c1C1CCCC1. The van der Waals surface area contributed by atoms with Crippen LogP contribution in [0.4, 0.5) is 0 Å². The average molecular weight is 233 g/mol. The van der Waals surface area contributed by atoms with Crippen molar-refractivity contribution < 1.29 is 0 Å². The van der Waals surface area contributed by atoms with Crippen molar-refractivity contribution in [1.82, 2.24) is 9.78 Å². The average Bonchev–Trinajstić information content (AvgIpc) is 2.75. The summed E-state index contributed by atoms with van der Waals surface area (Å²) in [7, 11) is 2.09. The molecular weight excluding hydrogens is 210 g/mol. The molecule has 0 saturated heterocycles. The summed E-state index contributed by atoms with van der Waals surface area (Å²) < 4.78 is 2.10. The number of nitrogens with zero attached hydrogens (tertiary/aromatic N) is 2. The Morgan fingerprint density at radius 3 is 2.76 bits per heavy atom. The first-order valence-corrected chi connectivity index (χ1v) is 6.98. The highest BCUT2D eigenvalue weighted by atomic mass is 15.3. The van der Waals surface area contributed by atoms with Gasteiger partial charge < -0.3 is 5.73 Å². The van der Waals surface area contributed by atoms with E-state index in [1.54, 1.807) is 0 Å². The van der Waals surface area contributed by atoms with E-state index in [1.165, 1.54) is 49.8 Å². The van der Waals surface area contributed by atoms with Crippen LogP contribution in [0.3, 0.4) is 0 Å². The zero-order valence-electron chi connectivity index (χ0n) is 10.8. The molecule has 2 saturated carbocycles. The van der Waals surface area contributed by atoms with Crippen LogP contribution in [0.1, 0.15) is 62.1 Å². The predicted molar refractivity (Wildman–Crippen MR) is 68.9 cm³/mol. The molecule has 2 aliphatic rings. The molecule has 1 heterocycles. The lowest BCUT2D eigenvalue weighted by Gasteiger charge is -2.14. The molecule has 2 N–H and O–H groups in total. The first-order chi connectivity index (χ1) is 8.18. The van der Waals surface area contributed by atoms with Gasteiger partial charge in [0.05, 0.1) is 6.20 Å². The molecule has 2 fully saturated rings. The standard InChI is InChI=1S/C14H23N3/c1-17-13(11-4-2-3-5-11)12(10-16-17)6-7-14(15)8-9-14/h10-11H,2-9,15H2,1H3. The molecule has 0 amide bonds. The molecule has 3 nitrogen and oxygen atoms in total. The van der Waals surface area contributed by atoms with Gasteiger partial charge >= 0.3 is 0 Å². The van der Waals surface area contributed by atoms with Gasteiger partial charge in [-0.15, -0.1) is 0 Å². The van der Waals surface area contributed by atoms with Crippen molar-refractivity contribution in [3.05, 3.63) is 17.5 Å². The summed E-state index contributed by atoms with van der Waals surface area (Å²) >= 11 is 0. The van der Waals surface area contributed by atoms with Crippen molar-refractivity contribution in [2.75, 3.05) is 0 Å². The first kappa shape index (κ1) is 11.3. The van der Waals surface area contributed by atoms with E-state index in [4.69, 9.17) is 5.73 Å². The fraction of sp³-hybridized carbons (Fsp3) is 0.786. The minimum absolute atomic E-state index is 0.169. The first-order valence-electron chi connectivity index (χ1n) is 6.98. The van der Waals surface area contributed by atoms with Gasteiger partial charge in [0, 0.05) is 24.2 Å². The van der Waals surface area contributed by atoms with Crippen molar-refractivity contribution in [1.29, 1.82) is 0 Å². The Hall–Kier alpha value is -0.830. The van der Waals surface area contributed by atoms with Gasteiger partial charge in [-0.1, -0.05) is 12.8 Å². The van der Waals surface area contributed by atoms with Gasteiger partial charge in [-0.3, -0.25) is 4.68 Å². The van der Waals surface area contributed by atoms with Gasteiger partial charge in [-0.05, 0) is 44.1 Å². The Morgan fingerprint density at radius 1 is 1.41 bits per heavy atom. The third kappa shape index (κ3) is 2.25. The molecule has 2 aliphatic carbocycles. The molecule has 17 heavy (non-hydrogen) atoms. The van der Waals surface area contributed by atoms with Gasteiger partial charge in [-0.25, -0.2) is 0 Å².